The molecule has 1 saturated heterocycles. The summed E-state index contributed by atoms with van der Waals surface area (Å²) in [7, 11) is 1.58. The fraction of sp³-hybridized carbons (Fsp3) is 0.227. The second-order valence-corrected chi connectivity index (χ2v) is 7.08. The maximum absolute atomic E-state index is 12.8. The zero-order chi connectivity index (χ0) is 20.5. The van der Waals surface area contributed by atoms with E-state index in [4.69, 9.17) is 4.74 Å². The van der Waals surface area contributed by atoms with Crippen LogP contribution in [-0.4, -0.2) is 42.3 Å². The van der Waals surface area contributed by atoms with Gasteiger partial charge in [-0.3, -0.25) is 14.4 Å². The van der Waals surface area contributed by atoms with Gasteiger partial charge in [-0.15, -0.1) is 0 Å². The molecule has 2 aromatic carbocycles. The number of carbonyl (C=O) groups is 3. The van der Waals surface area contributed by atoms with E-state index in [-0.39, 0.29) is 12.3 Å². The fourth-order valence-corrected chi connectivity index (χ4v) is 3.75. The normalized spacial score (nSPS) is 16.3. The van der Waals surface area contributed by atoms with E-state index < -0.39 is 17.7 Å². The molecule has 1 aliphatic rings. The number of rotatable bonds is 5. The topological polar surface area (TPSA) is 91.5 Å². The monoisotopic (exact) mass is 391 g/mol. The number of amides is 2. The average molecular weight is 391 g/mol. The average Bonchev–Trinajstić information content (AvgIpc) is 3.25. The highest BCUT2D eigenvalue weighted by Gasteiger charge is 2.33. The third-order valence-corrected chi connectivity index (χ3v) is 5.17. The maximum atomic E-state index is 12.8. The smallest absolute Gasteiger partial charge is 0.292 e. The summed E-state index contributed by atoms with van der Waals surface area (Å²) in [5.41, 5.74) is 2.55. The van der Waals surface area contributed by atoms with Gasteiger partial charge in [0.15, 0.2) is 0 Å². The van der Waals surface area contributed by atoms with Crippen molar-refractivity contribution >= 4 is 34.2 Å². The Hall–Kier alpha value is -3.61. The molecular formula is C22H21N3O4. The molecule has 7 nitrogen and oxygen atoms in total. The molecule has 4 rings (SSSR count). The summed E-state index contributed by atoms with van der Waals surface area (Å²) in [6.07, 6.45) is 0.151. The number of H-pyrrole nitrogens is 1. The third kappa shape index (κ3) is 3.47. The summed E-state index contributed by atoms with van der Waals surface area (Å²) in [6, 6.07) is 14.1. The van der Waals surface area contributed by atoms with Gasteiger partial charge in [0.2, 0.25) is 5.91 Å². The van der Waals surface area contributed by atoms with Crippen molar-refractivity contribution in [3.8, 4) is 5.75 Å². The molecule has 1 atom stereocenters. The molecule has 2 heterocycles. The fourth-order valence-electron chi connectivity index (χ4n) is 3.75. The molecule has 7 heteroatoms. The van der Waals surface area contributed by atoms with Crippen LogP contribution in [0.4, 0.5) is 5.69 Å². The van der Waals surface area contributed by atoms with E-state index >= 15 is 0 Å². The SMILES string of the molecule is COc1ccc(N2C[C@@H](NC(=O)C(=O)c3c(C)[nH]c4ccccc34)CC2=O)cc1. The van der Waals surface area contributed by atoms with Gasteiger partial charge in [0, 0.05) is 35.2 Å². The molecule has 0 bridgehead atoms. The van der Waals surface area contributed by atoms with E-state index in [1.54, 1.807) is 43.2 Å². The van der Waals surface area contributed by atoms with E-state index in [9.17, 15) is 14.4 Å². The summed E-state index contributed by atoms with van der Waals surface area (Å²) in [5, 5.41) is 3.44. The van der Waals surface area contributed by atoms with Gasteiger partial charge < -0.3 is 19.9 Å². The number of anilines is 1. The van der Waals surface area contributed by atoms with Crippen molar-refractivity contribution in [2.45, 2.75) is 19.4 Å². The highest BCUT2D eigenvalue weighted by atomic mass is 16.5. The Morgan fingerprint density at radius 3 is 2.59 bits per heavy atom. The molecule has 1 fully saturated rings. The number of nitrogens with zero attached hydrogens (tertiary/aromatic N) is 1. The summed E-state index contributed by atoms with van der Waals surface area (Å²) in [4.78, 5) is 42.5. The van der Waals surface area contributed by atoms with Crippen molar-refractivity contribution in [3.05, 3.63) is 59.8 Å². The number of Topliss-reactive ketones (excluding diaryl/α,β-unsaturated/α-hetero) is 1. The van der Waals surface area contributed by atoms with Crippen molar-refractivity contribution in [3.63, 3.8) is 0 Å². The number of ketones is 1. The standard InChI is InChI=1S/C22H21N3O4/c1-13-20(17-5-3-4-6-18(17)23-13)21(27)22(28)24-14-11-19(26)25(12-14)15-7-9-16(29-2)10-8-15/h3-10,14,23H,11-12H2,1-2H3,(H,24,28)/t14-/m0/s1. The molecule has 29 heavy (non-hydrogen) atoms. The minimum Gasteiger partial charge on any atom is -0.497 e. The highest BCUT2D eigenvalue weighted by Crippen LogP contribution is 2.25. The summed E-state index contributed by atoms with van der Waals surface area (Å²) >= 11 is 0. The van der Waals surface area contributed by atoms with Gasteiger partial charge in [0.1, 0.15) is 5.75 Å². The number of hydrogen-bond acceptors (Lipinski definition) is 4. The molecule has 0 unspecified atom stereocenters. The van der Waals surface area contributed by atoms with Gasteiger partial charge in [0.05, 0.1) is 18.7 Å². The van der Waals surface area contributed by atoms with E-state index in [1.165, 1.54) is 0 Å². The molecule has 0 aliphatic carbocycles. The van der Waals surface area contributed by atoms with Crippen molar-refractivity contribution in [1.82, 2.24) is 10.3 Å². The number of methoxy groups -OCH3 is 1. The number of carbonyl (C=O) groups excluding carboxylic acids is 3. The molecule has 2 N–H and O–H groups in total. The zero-order valence-electron chi connectivity index (χ0n) is 16.2. The van der Waals surface area contributed by atoms with Gasteiger partial charge in [-0.05, 0) is 37.3 Å². The number of aryl methyl sites for hydroxylation is 1. The number of aromatic nitrogens is 1. The summed E-state index contributed by atoms with van der Waals surface area (Å²) in [5.74, 6) is -0.705. The first kappa shape index (κ1) is 18.7. The molecule has 3 aromatic rings. The third-order valence-electron chi connectivity index (χ3n) is 5.17. The predicted molar refractivity (Wildman–Crippen MR) is 109 cm³/mol. The number of benzene rings is 2. The largest absolute Gasteiger partial charge is 0.497 e. The van der Waals surface area contributed by atoms with Gasteiger partial charge in [-0.25, -0.2) is 0 Å². The summed E-state index contributed by atoms with van der Waals surface area (Å²) < 4.78 is 5.13. The Bertz CT molecular complexity index is 1100. The first-order valence-electron chi connectivity index (χ1n) is 9.35. The second kappa shape index (κ2) is 7.43. The molecule has 2 amide bonds. The molecule has 0 saturated carbocycles. The van der Waals surface area contributed by atoms with Crippen LogP contribution in [0.25, 0.3) is 10.9 Å². The molecule has 1 aromatic heterocycles. The number of ether oxygens (including phenoxy) is 1. The van der Waals surface area contributed by atoms with Gasteiger partial charge in [-0.1, -0.05) is 18.2 Å². The first-order valence-corrected chi connectivity index (χ1v) is 9.35. The molecule has 148 valence electrons. The van der Waals surface area contributed by atoms with Crippen LogP contribution >= 0.6 is 0 Å². The van der Waals surface area contributed by atoms with Crippen molar-refractivity contribution in [2.75, 3.05) is 18.6 Å². The minimum absolute atomic E-state index is 0.101. The van der Waals surface area contributed by atoms with Crippen LogP contribution in [0.5, 0.6) is 5.75 Å². The van der Waals surface area contributed by atoms with Crippen molar-refractivity contribution in [1.29, 1.82) is 0 Å². The number of aromatic amines is 1. The van der Waals surface area contributed by atoms with Crippen LogP contribution < -0.4 is 15.0 Å². The highest BCUT2D eigenvalue weighted by molar-refractivity contribution is 6.45. The Morgan fingerprint density at radius 2 is 1.86 bits per heavy atom. The number of para-hydroxylation sites is 1. The Labute approximate surface area is 167 Å². The van der Waals surface area contributed by atoms with Crippen molar-refractivity contribution < 1.29 is 19.1 Å². The number of fused-ring (bicyclic) bond motifs is 1. The maximum Gasteiger partial charge on any atom is 0.292 e. The van der Waals surface area contributed by atoms with Gasteiger partial charge >= 0.3 is 0 Å². The van der Waals surface area contributed by atoms with Crippen LogP contribution in [0.2, 0.25) is 0 Å². The summed E-state index contributed by atoms with van der Waals surface area (Å²) in [6.45, 7) is 2.09. The molecule has 1 aliphatic heterocycles. The number of nitrogens with one attached hydrogen (secondary N) is 2. The lowest BCUT2D eigenvalue weighted by Gasteiger charge is -2.17. The molecule has 0 spiro atoms. The van der Waals surface area contributed by atoms with E-state index in [0.717, 1.165) is 11.2 Å². The lowest BCUT2D eigenvalue weighted by atomic mass is 10.1. The zero-order valence-corrected chi connectivity index (χ0v) is 16.2. The Kier molecular flexibility index (Phi) is 4.80. The van der Waals surface area contributed by atoms with Crippen LogP contribution in [0, 0.1) is 6.92 Å². The predicted octanol–water partition coefficient (Wildman–Crippen LogP) is 2.59. The van der Waals surface area contributed by atoms with Crippen LogP contribution in [0.15, 0.2) is 48.5 Å². The lowest BCUT2D eigenvalue weighted by molar-refractivity contribution is -0.118. The number of hydrogen-bond donors (Lipinski definition) is 2. The van der Waals surface area contributed by atoms with Gasteiger partial charge in [-0.2, -0.15) is 0 Å². The second-order valence-electron chi connectivity index (χ2n) is 7.08. The van der Waals surface area contributed by atoms with Crippen LogP contribution in [0.3, 0.4) is 0 Å². The molecule has 0 radical (unpaired) electrons. The minimum atomic E-state index is -0.702. The van der Waals surface area contributed by atoms with E-state index in [1.807, 2.05) is 24.3 Å². The van der Waals surface area contributed by atoms with E-state index in [0.29, 0.717) is 28.9 Å². The molecular weight excluding hydrogens is 370 g/mol. The van der Waals surface area contributed by atoms with E-state index in [2.05, 4.69) is 10.3 Å². The van der Waals surface area contributed by atoms with Crippen LogP contribution in [0.1, 0.15) is 22.5 Å². The first-order chi connectivity index (χ1) is 14.0. The van der Waals surface area contributed by atoms with Gasteiger partial charge in [0.25, 0.3) is 11.7 Å². The van der Waals surface area contributed by atoms with Crippen LogP contribution in [-0.2, 0) is 9.59 Å². The van der Waals surface area contributed by atoms with Crippen molar-refractivity contribution in [2.24, 2.45) is 0 Å². The lowest BCUT2D eigenvalue weighted by Crippen LogP contribution is -2.41. The Balaban J connectivity index is 1.47. The Morgan fingerprint density at radius 1 is 1.14 bits per heavy atom. The quantitative estimate of drug-likeness (QED) is 0.517.